The van der Waals surface area contributed by atoms with Gasteiger partial charge in [-0.05, 0) is 49.7 Å². The van der Waals surface area contributed by atoms with Crippen LogP contribution in [-0.2, 0) is 0 Å². The van der Waals surface area contributed by atoms with Crippen LogP contribution in [0.3, 0.4) is 0 Å². The summed E-state index contributed by atoms with van der Waals surface area (Å²) in [5.74, 6) is 1.21. The lowest BCUT2D eigenvalue weighted by Gasteiger charge is -2.12. The number of rotatable bonds is 5. The van der Waals surface area contributed by atoms with E-state index < -0.39 is 0 Å². The smallest absolute Gasteiger partial charge is 0.137 e. The second kappa shape index (κ2) is 6.02. The number of hydrogen-bond donors (Lipinski definition) is 1. The van der Waals surface area contributed by atoms with Crippen molar-refractivity contribution < 1.29 is 8.81 Å². The Labute approximate surface area is 113 Å². The summed E-state index contributed by atoms with van der Waals surface area (Å²) in [7, 11) is 0. The molecule has 1 N–H and O–H groups in total. The molecule has 1 unspecified atom stereocenters. The molecular formula is C16H20FNO. The number of benzene rings is 1. The summed E-state index contributed by atoms with van der Waals surface area (Å²) >= 11 is 0. The third-order valence-corrected chi connectivity index (χ3v) is 3.22. The first-order valence-corrected chi connectivity index (χ1v) is 6.75. The summed E-state index contributed by atoms with van der Waals surface area (Å²) in [6.07, 6.45) is 0.942. The second-order valence-electron chi connectivity index (χ2n) is 4.70. The first-order chi connectivity index (χ1) is 9.15. The van der Waals surface area contributed by atoms with Gasteiger partial charge in [-0.15, -0.1) is 0 Å². The van der Waals surface area contributed by atoms with E-state index in [0.29, 0.717) is 11.3 Å². The van der Waals surface area contributed by atoms with Crippen molar-refractivity contribution in [2.45, 2.75) is 33.2 Å². The highest BCUT2D eigenvalue weighted by Gasteiger charge is 2.15. The van der Waals surface area contributed by atoms with Crippen LogP contribution in [0.5, 0.6) is 0 Å². The molecule has 0 fully saturated rings. The number of aryl methyl sites for hydroxylation is 1. The molecular weight excluding hydrogens is 241 g/mol. The zero-order valence-electron chi connectivity index (χ0n) is 11.7. The van der Waals surface area contributed by atoms with Gasteiger partial charge in [0.15, 0.2) is 0 Å². The molecule has 0 aliphatic carbocycles. The summed E-state index contributed by atoms with van der Waals surface area (Å²) in [6.45, 7) is 6.92. The summed E-state index contributed by atoms with van der Waals surface area (Å²) in [5.41, 5.74) is 1.43. The molecule has 1 aromatic carbocycles. The number of furan rings is 1. The van der Waals surface area contributed by atoms with Crippen LogP contribution < -0.4 is 5.32 Å². The molecule has 0 saturated heterocycles. The van der Waals surface area contributed by atoms with E-state index in [1.807, 2.05) is 25.1 Å². The first kappa shape index (κ1) is 13.8. The quantitative estimate of drug-likeness (QED) is 0.860. The normalized spacial score (nSPS) is 12.6. The van der Waals surface area contributed by atoms with Crippen molar-refractivity contribution in [3.8, 4) is 11.3 Å². The van der Waals surface area contributed by atoms with Crippen molar-refractivity contribution in [3.05, 3.63) is 47.5 Å². The predicted molar refractivity (Wildman–Crippen MR) is 75.5 cm³/mol. The van der Waals surface area contributed by atoms with E-state index in [1.54, 1.807) is 6.07 Å². The molecule has 2 nitrogen and oxygen atoms in total. The lowest BCUT2D eigenvalue weighted by Crippen LogP contribution is -2.19. The van der Waals surface area contributed by atoms with Crippen LogP contribution in [-0.4, -0.2) is 6.54 Å². The molecule has 0 spiro atoms. The van der Waals surface area contributed by atoms with Gasteiger partial charge in [0.2, 0.25) is 0 Å². The Morgan fingerprint density at radius 2 is 2.00 bits per heavy atom. The topological polar surface area (TPSA) is 25.2 Å². The molecule has 1 aromatic heterocycles. The zero-order valence-corrected chi connectivity index (χ0v) is 11.7. The molecule has 0 saturated carbocycles. The maximum atomic E-state index is 13.9. The van der Waals surface area contributed by atoms with E-state index in [0.717, 1.165) is 24.3 Å². The van der Waals surface area contributed by atoms with Crippen LogP contribution in [0.1, 0.15) is 37.6 Å². The third kappa shape index (κ3) is 3.04. The molecule has 0 aliphatic heterocycles. The van der Waals surface area contributed by atoms with Gasteiger partial charge in [0.1, 0.15) is 17.3 Å². The van der Waals surface area contributed by atoms with Gasteiger partial charge >= 0.3 is 0 Å². The molecule has 1 atom stereocenters. The van der Waals surface area contributed by atoms with Crippen molar-refractivity contribution in [3.63, 3.8) is 0 Å². The molecule has 1 heterocycles. The summed E-state index contributed by atoms with van der Waals surface area (Å²) in [5, 5.41) is 3.35. The summed E-state index contributed by atoms with van der Waals surface area (Å²) < 4.78 is 19.7. The standard InChI is InChI=1S/C16H20FNO/c1-4-14(18-5-2)16-9-8-15(19-16)12-7-6-11(3)10-13(12)17/h6-10,14,18H,4-5H2,1-3H3. The molecule has 19 heavy (non-hydrogen) atoms. The first-order valence-electron chi connectivity index (χ1n) is 6.75. The SMILES string of the molecule is CCNC(CC)c1ccc(-c2ccc(C)cc2F)o1. The van der Waals surface area contributed by atoms with E-state index in [2.05, 4.69) is 19.2 Å². The number of halogens is 1. The van der Waals surface area contributed by atoms with Gasteiger partial charge in [-0.2, -0.15) is 0 Å². The fourth-order valence-electron chi connectivity index (χ4n) is 2.20. The van der Waals surface area contributed by atoms with E-state index in [9.17, 15) is 4.39 Å². The fourth-order valence-corrected chi connectivity index (χ4v) is 2.20. The third-order valence-electron chi connectivity index (χ3n) is 3.22. The van der Waals surface area contributed by atoms with Crippen molar-refractivity contribution in [1.29, 1.82) is 0 Å². The van der Waals surface area contributed by atoms with Gasteiger partial charge in [-0.25, -0.2) is 4.39 Å². The fraction of sp³-hybridized carbons (Fsp3) is 0.375. The molecule has 2 rings (SSSR count). The molecule has 102 valence electrons. The average Bonchev–Trinajstić information content (AvgIpc) is 2.85. The Kier molecular flexibility index (Phi) is 4.38. The molecule has 2 aromatic rings. The Bertz CT molecular complexity index is 547. The van der Waals surface area contributed by atoms with Crippen molar-refractivity contribution in [2.24, 2.45) is 0 Å². The van der Waals surface area contributed by atoms with Crippen LogP contribution >= 0.6 is 0 Å². The van der Waals surface area contributed by atoms with E-state index in [1.165, 1.54) is 6.07 Å². The monoisotopic (exact) mass is 261 g/mol. The van der Waals surface area contributed by atoms with Gasteiger partial charge in [0.05, 0.1) is 11.6 Å². The summed E-state index contributed by atoms with van der Waals surface area (Å²) in [6, 6.07) is 9.13. The van der Waals surface area contributed by atoms with Gasteiger partial charge < -0.3 is 9.73 Å². The number of nitrogens with one attached hydrogen (secondary N) is 1. The average molecular weight is 261 g/mol. The van der Waals surface area contributed by atoms with E-state index in [4.69, 9.17) is 4.42 Å². The van der Waals surface area contributed by atoms with Crippen molar-refractivity contribution >= 4 is 0 Å². The maximum absolute atomic E-state index is 13.9. The zero-order chi connectivity index (χ0) is 13.8. The van der Waals surface area contributed by atoms with Crippen molar-refractivity contribution in [1.82, 2.24) is 5.32 Å². The molecule has 0 radical (unpaired) electrons. The van der Waals surface area contributed by atoms with Crippen LogP contribution in [0.2, 0.25) is 0 Å². The van der Waals surface area contributed by atoms with Crippen molar-refractivity contribution in [2.75, 3.05) is 6.54 Å². The Morgan fingerprint density at radius 1 is 1.21 bits per heavy atom. The molecule has 0 aliphatic rings. The largest absolute Gasteiger partial charge is 0.459 e. The van der Waals surface area contributed by atoms with Gasteiger partial charge in [0.25, 0.3) is 0 Å². The summed E-state index contributed by atoms with van der Waals surface area (Å²) in [4.78, 5) is 0. The van der Waals surface area contributed by atoms with Gasteiger partial charge in [-0.1, -0.05) is 19.9 Å². The molecule has 3 heteroatoms. The minimum atomic E-state index is -0.239. The highest BCUT2D eigenvalue weighted by molar-refractivity contribution is 5.59. The highest BCUT2D eigenvalue weighted by Crippen LogP contribution is 2.28. The molecule has 0 bridgehead atoms. The van der Waals surface area contributed by atoms with Crippen LogP contribution in [0.15, 0.2) is 34.7 Å². The minimum Gasteiger partial charge on any atom is -0.459 e. The van der Waals surface area contributed by atoms with E-state index in [-0.39, 0.29) is 11.9 Å². The lowest BCUT2D eigenvalue weighted by molar-refractivity contribution is 0.416. The molecule has 0 amide bonds. The minimum absolute atomic E-state index is 0.187. The van der Waals surface area contributed by atoms with E-state index >= 15 is 0 Å². The maximum Gasteiger partial charge on any atom is 0.137 e. The van der Waals surface area contributed by atoms with Crippen LogP contribution in [0, 0.1) is 12.7 Å². The second-order valence-corrected chi connectivity index (χ2v) is 4.70. The lowest BCUT2D eigenvalue weighted by atomic mass is 10.1. The number of hydrogen-bond acceptors (Lipinski definition) is 2. The van der Waals surface area contributed by atoms with Crippen LogP contribution in [0.4, 0.5) is 4.39 Å². The highest BCUT2D eigenvalue weighted by atomic mass is 19.1. The Balaban J connectivity index is 2.29. The van der Waals surface area contributed by atoms with Gasteiger partial charge in [-0.3, -0.25) is 0 Å². The Morgan fingerprint density at radius 3 is 2.63 bits per heavy atom. The predicted octanol–water partition coefficient (Wildman–Crippen LogP) is 4.45. The van der Waals surface area contributed by atoms with Gasteiger partial charge in [0, 0.05) is 0 Å². The Hall–Kier alpha value is -1.61. The van der Waals surface area contributed by atoms with Crippen LogP contribution in [0.25, 0.3) is 11.3 Å².